The Kier molecular flexibility index (Phi) is 5.02. The first-order chi connectivity index (χ1) is 9.97. The summed E-state index contributed by atoms with van der Waals surface area (Å²) in [5.74, 6) is -0.634. The molecule has 21 heavy (non-hydrogen) atoms. The summed E-state index contributed by atoms with van der Waals surface area (Å²) in [6.07, 6.45) is 0. The Bertz CT molecular complexity index is 636. The normalized spacial score (nSPS) is 10.9. The lowest BCUT2D eigenvalue weighted by atomic mass is 10.0. The van der Waals surface area contributed by atoms with Crippen LogP contribution in [-0.2, 0) is 5.75 Å². The summed E-state index contributed by atoms with van der Waals surface area (Å²) in [5, 5.41) is 9.11. The zero-order valence-corrected chi connectivity index (χ0v) is 12.8. The predicted molar refractivity (Wildman–Crippen MR) is 83.5 cm³/mol. The van der Waals surface area contributed by atoms with Crippen LogP contribution in [0.4, 0.5) is 4.39 Å². The van der Waals surface area contributed by atoms with Gasteiger partial charge in [-0.25, -0.2) is 9.18 Å². The maximum atomic E-state index is 13.1. The van der Waals surface area contributed by atoms with Gasteiger partial charge in [0.05, 0.1) is 5.56 Å². The van der Waals surface area contributed by atoms with Crippen molar-refractivity contribution < 1.29 is 14.3 Å². The van der Waals surface area contributed by atoms with Crippen molar-refractivity contribution in [1.29, 1.82) is 0 Å². The number of thioether (sulfide) groups is 1. The summed E-state index contributed by atoms with van der Waals surface area (Å²) in [6, 6.07) is 12.1. The maximum absolute atomic E-state index is 13.1. The molecule has 2 aromatic carbocycles. The predicted octanol–water partition coefficient (Wildman–Crippen LogP) is 4.94. The van der Waals surface area contributed by atoms with E-state index in [2.05, 4.69) is 26.0 Å². The van der Waals surface area contributed by atoms with Crippen LogP contribution in [-0.4, -0.2) is 11.1 Å². The Labute approximate surface area is 128 Å². The third-order valence-electron chi connectivity index (χ3n) is 3.24. The molecule has 2 aromatic rings. The maximum Gasteiger partial charge on any atom is 0.336 e. The van der Waals surface area contributed by atoms with E-state index in [1.165, 1.54) is 17.7 Å². The van der Waals surface area contributed by atoms with Crippen molar-refractivity contribution >= 4 is 17.7 Å². The van der Waals surface area contributed by atoms with Gasteiger partial charge in [0.25, 0.3) is 0 Å². The highest BCUT2D eigenvalue weighted by atomic mass is 32.2. The molecule has 4 heteroatoms. The van der Waals surface area contributed by atoms with E-state index < -0.39 is 11.8 Å². The second kappa shape index (κ2) is 6.76. The molecule has 0 amide bonds. The molecule has 0 radical (unpaired) electrons. The highest BCUT2D eigenvalue weighted by Gasteiger charge is 2.11. The molecule has 0 bridgehead atoms. The third kappa shape index (κ3) is 4.08. The molecule has 2 rings (SSSR count). The van der Waals surface area contributed by atoms with Crippen molar-refractivity contribution in [3.8, 4) is 0 Å². The highest BCUT2D eigenvalue weighted by molar-refractivity contribution is 7.98. The first-order valence-corrected chi connectivity index (χ1v) is 7.70. The van der Waals surface area contributed by atoms with Crippen LogP contribution in [0.3, 0.4) is 0 Å². The van der Waals surface area contributed by atoms with Crippen LogP contribution in [0.15, 0.2) is 47.4 Å². The molecular weight excluding hydrogens is 287 g/mol. The molecule has 0 unspecified atom stereocenters. The van der Waals surface area contributed by atoms with Gasteiger partial charge in [0.2, 0.25) is 0 Å². The van der Waals surface area contributed by atoms with Gasteiger partial charge >= 0.3 is 5.97 Å². The average molecular weight is 304 g/mol. The molecular formula is C17H17FO2S. The summed E-state index contributed by atoms with van der Waals surface area (Å²) < 4.78 is 13.1. The fourth-order valence-electron chi connectivity index (χ4n) is 1.98. The Morgan fingerprint density at radius 1 is 1.19 bits per heavy atom. The summed E-state index contributed by atoms with van der Waals surface area (Å²) in [5.41, 5.74) is 1.93. The Hall–Kier alpha value is -1.81. The van der Waals surface area contributed by atoms with Gasteiger partial charge in [-0.1, -0.05) is 32.0 Å². The lowest BCUT2D eigenvalue weighted by Gasteiger charge is -2.08. The summed E-state index contributed by atoms with van der Waals surface area (Å²) in [4.78, 5) is 12.2. The van der Waals surface area contributed by atoms with Crippen molar-refractivity contribution in [2.45, 2.75) is 30.4 Å². The van der Waals surface area contributed by atoms with Crippen LogP contribution in [0, 0.1) is 5.82 Å². The number of carbonyl (C=O) groups is 1. The number of rotatable bonds is 5. The van der Waals surface area contributed by atoms with Gasteiger partial charge in [0.15, 0.2) is 0 Å². The zero-order chi connectivity index (χ0) is 15.4. The fourth-order valence-corrected chi connectivity index (χ4v) is 2.89. The summed E-state index contributed by atoms with van der Waals surface area (Å²) >= 11 is 1.55. The fraction of sp³-hybridized carbons (Fsp3) is 0.235. The van der Waals surface area contributed by atoms with Gasteiger partial charge in [-0.2, -0.15) is 0 Å². The van der Waals surface area contributed by atoms with Gasteiger partial charge in [-0.15, -0.1) is 11.8 Å². The first-order valence-electron chi connectivity index (χ1n) is 6.72. The molecule has 0 saturated carbocycles. The Morgan fingerprint density at radius 2 is 1.86 bits per heavy atom. The lowest BCUT2D eigenvalue weighted by molar-refractivity contribution is 0.0695. The first kappa shape index (κ1) is 15.6. The van der Waals surface area contributed by atoms with E-state index in [0.29, 0.717) is 17.2 Å². The van der Waals surface area contributed by atoms with Crippen molar-refractivity contribution in [3.05, 3.63) is 65.0 Å². The van der Waals surface area contributed by atoms with Crippen LogP contribution in [0.1, 0.15) is 41.3 Å². The van der Waals surface area contributed by atoms with Crippen molar-refractivity contribution in [1.82, 2.24) is 0 Å². The van der Waals surface area contributed by atoms with E-state index in [1.807, 2.05) is 12.1 Å². The Balaban J connectivity index is 2.11. The van der Waals surface area contributed by atoms with Gasteiger partial charge in [0.1, 0.15) is 5.82 Å². The highest BCUT2D eigenvalue weighted by Crippen LogP contribution is 2.26. The molecule has 0 fully saturated rings. The standard InChI is InChI=1S/C17H17FO2S/c1-11(2)12-4-7-15(8-5-12)21-10-13-3-6-14(18)9-16(13)17(19)20/h3-9,11H,10H2,1-2H3,(H,19,20). The number of carboxylic acids is 1. The topological polar surface area (TPSA) is 37.3 Å². The molecule has 0 heterocycles. The Morgan fingerprint density at radius 3 is 2.43 bits per heavy atom. The summed E-state index contributed by atoms with van der Waals surface area (Å²) in [6.45, 7) is 4.28. The molecule has 0 aliphatic rings. The van der Waals surface area contributed by atoms with Gasteiger partial charge in [-0.3, -0.25) is 0 Å². The van der Waals surface area contributed by atoms with E-state index in [0.717, 1.165) is 11.0 Å². The smallest absolute Gasteiger partial charge is 0.336 e. The minimum atomic E-state index is -1.10. The van der Waals surface area contributed by atoms with Crippen molar-refractivity contribution in [2.24, 2.45) is 0 Å². The van der Waals surface area contributed by atoms with Crippen LogP contribution >= 0.6 is 11.8 Å². The van der Waals surface area contributed by atoms with Crippen LogP contribution in [0.25, 0.3) is 0 Å². The minimum Gasteiger partial charge on any atom is -0.478 e. The van der Waals surface area contributed by atoms with Gasteiger partial charge in [-0.05, 0) is 41.3 Å². The van der Waals surface area contributed by atoms with E-state index in [-0.39, 0.29) is 5.56 Å². The number of halogens is 1. The summed E-state index contributed by atoms with van der Waals surface area (Å²) in [7, 11) is 0. The van der Waals surface area contributed by atoms with Crippen LogP contribution < -0.4 is 0 Å². The molecule has 110 valence electrons. The quantitative estimate of drug-likeness (QED) is 0.795. The molecule has 0 saturated heterocycles. The molecule has 0 aromatic heterocycles. The minimum absolute atomic E-state index is 0.0290. The SMILES string of the molecule is CC(C)c1ccc(SCc2ccc(F)cc2C(=O)O)cc1. The second-order valence-corrected chi connectivity index (χ2v) is 6.17. The molecule has 0 atom stereocenters. The second-order valence-electron chi connectivity index (χ2n) is 5.12. The van der Waals surface area contributed by atoms with Crippen molar-refractivity contribution in [2.75, 3.05) is 0 Å². The largest absolute Gasteiger partial charge is 0.478 e. The third-order valence-corrected chi connectivity index (χ3v) is 4.30. The van der Waals surface area contributed by atoms with Crippen LogP contribution in [0.5, 0.6) is 0 Å². The average Bonchev–Trinajstić information content (AvgIpc) is 2.46. The van der Waals surface area contributed by atoms with Crippen LogP contribution in [0.2, 0.25) is 0 Å². The lowest BCUT2D eigenvalue weighted by Crippen LogP contribution is -2.02. The van der Waals surface area contributed by atoms with Crippen molar-refractivity contribution in [3.63, 3.8) is 0 Å². The molecule has 0 spiro atoms. The molecule has 0 aliphatic heterocycles. The number of aromatic carboxylic acids is 1. The number of hydrogen-bond acceptors (Lipinski definition) is 2. The van der Waals surface area contributed by atoms with E-state index >= 15 is 0 Å². The molecule has 2 nitrogen and oxygen atoms in total. The van der Waals surface area contributed by atoms with Gasteiger partial charge in [0, 0.05) is 10.6 Å². The monoisotopic (exact) mass is 304 g/mol. The number of hydrogen-bond donors (Lipinski definition) is 1. The zero-order valence-electron chi connectivity index (χ0n) is 12.0. The van der Waals surface area contributed by atoms with E-state index in [9.17, 15) is 9.18 Å². The molecule has 0 aliphatic carbocycles. The van der Waals surface area contributed by atoms with E-state index in [1.54, 1.807) is 11.8 Å². The number of benzene rings is 2. The van der Waals surface area contributed by atoms with Gasteiger partial charge < -0.3 is 5.11 Å². The van der Waals surface area contributed by atoms with E-state index in [4.69, 9.17) is 5.11 Å². The number of carboxylic acid groups (broad SMARTS) is 1. The molecule has 1 N–H and O–H groups in total.